The molecular formula is C18H24N2O. The summed E-state index contributed by atoms with van der Waals surface area (Å²) >= 11 is 0. The standard InChI is InChI=1S/C18H24N2O/c1-13-5-4-6-14(2)9-11-18(3)12-10-16(21)17(20-19)15(18)8-7-13/h5,9-10,12,15H,4,6-8,11H2,1-3H3/b13-5+,14-9+/t15-,18-/m1/s1. The molecule has 0 amide bonds. The maximum Gasteiger partial charge on any atom is 0.342 e. The van der Waals surface area contributed by atoms with Crippen molar-refractivity contribution in [2.45, 2.75) is 52.9 Å². The van der Waals surface area contributed by atoms with Gasteiger partial charge in [-0.1, -0.05) is 36.3 Å². The van der Waals surface area contributed by atoms with Gasteiger partial charge < -0.3 is 5.53 Å². The summed E-state index contributed by atoms with van der Waals surface area (Å²) in [5.41, 5.74) is 12.2. The molecule has 0 aromatic carbocycles. The van der Waals surface area contributed by atoms with Crippen molar-refractivity contribution in [3.8, 4) is 0 Å². The molecule has 21 heavy (non-hydrogen) atoms. The quantitative estimate of drug-likeness (QED) is 0.372. The van der Waals surface area contributed by atoms with Crippen molar-refractivity contribution in [2.75, 3.05) is 0 Å². The van der Waals surface area contributed by atoms with Crippen LogP contribution in [0.5, 0.6) is 0 Å². The van der Waals surface area contributed by atoms with Crippen LogP contribution in [0.3, 0.4) is 0 Å². The molecule has 2 aliphatic rings. The zero-order chi connectivity index (χ0) is 15.5. The number of ketones is 1. The number of rotatable bonds is 0. The minimum atomic E-state index is -0.155. The van der Waals surface area contributed by atoms with E-state index in [-0.39, 0.29) is 17.1 Å². The highest BCUT2D eigenvalue weighted by molar-refractivity contribution is 6.43. The molecule has 2 atom stereocenters. The zero-order valence-electron chi connectivity index (χ0n) is 13.2. The van der Waals surface area contributed by atoms with Crippen molar-refractivity contribution >= 4 is 11.5 Å². The second kappa shape index (κ2) is 6.36. The van der Waals surface area contributed by atoms with Crippen LogP contribution in [0, 0.1) is 11.3 Å². The van der Waals surface area contributed by atoms with Gasteiger partial charge in [0.2, 0.25) is 0 Å². The van der Waals surface area contributed by atoms with Crippen molar-refractivity contribution in [3.05, 3.63) is 41.0 Å². The maximum absolute atomic E-state index is 12.0. The molecule has 0 bridgehead atoms. The molecule has 0 unspecified atom stereocenters. The highest BCUT2D eigenvalue weighted by Gasteiger charge is 2.45. The van der Waals surface area contributed by atoms with Crippen LogP contribution < -0.4 is 0 Å². The lowest BCUT2D eigenvalue weighted by atomic mass is 9.66. The van der Waals surface area contributed by atoms with Gasteiger partial charge in [0.15, 0.2) is 0 Å². The Morgan fingerprint density at radius 2 is 1.95 bits per heavy atom. The summed E-state index contributed by atoms with van der Waals surface area (Å²) in [5, 5.41) is 0. The number of allylic oxidation sites excluding steroid dienone is 6. The summed E-state index contributed by atoms with van der Waals surface area (Å²) in [4.78, 5) is 15.3. The van der Waals surface area contributed by atoms with Gasteiger partial charge in [0, 0.05) is 5.41 Å². The number of nitrogens with zero attached hydrogens (tertiary/aromatic N) is 2. The van der Waals surface area contributed by atoms with E-state index in [1.807, 2.05) is 6.08 Å². The van der Waals surface area contributed by atoms with Crippen LogP contribution >= 0.6 is 0 Å². The summed E-state index contributed by atoms with van der Waals surface area (Å²) in [7, 11) is 0. The molecule has 3 nitrogen and oxygen atoms in total. The van der Waals surface area contributed by atoms with E-state index in [1.54, 1.807) is 6.08 Å². The lowest BCUT2D eigenvalue weighted by molar-refractivity contribution is -0.115. The molecule has 0 aliphatic heterocycles. The van der Waals surface area contributed by atoms with Crippen molar-refractivity contribution in [1.82, 2.24) is 0 Å². The lowest BCUT2D eigenvalue weighted by Crippen LogP contribution is -2.39. The van der Waals surface area contributed by atoms with Crippen LogP contribution in [0.2, 0.25) is 0 Å². The van der Waals surface area contributed by atoms with E-state index in [0.29, 0.717) is 5.71 Å². The fourth-order valence-corrected chi connectivity index (χ4v) is 3.26. The molecule has 0 N–H and O–H groups in total. The number of carbonyl (C=O) groups excluding carboxylic acids is 1. The number of hydrogen-bond donors (Lipinski definition) is 0. The van der Waals surface area contributed by atoms with Crippen LogP contribution in [0.25, 0.3) is 5.53 Å². The van der Waals surface area contributed by atoms with Crippen molar-refractivity contribution in [2.24, 2.45) is 11.3 Å². The number of fused-ring (bicyclic) bond motifs is 1. The Bertz CT molecular complexity index is 576. The summed E-state index contributed by atoms with van der Waals surface area (Å²) in [6, 6.07) is 0. The van der Waals surface area contributed by atoms with E-state index in [2.05, 4.69) is 37.7 Å². The molecule has 3 heteroatoms. The second-order valence-electron chi connectivity index (χ2n) is 6.62. The van der Waals surface area contributed by atoms with Crippen LogP contribution in [-0.2, 0) is 4.79 Å². The monoisotopic (exact) mass is 284 g/mol. The van der Waals surface area contributed by atoms with Gasteiger partial charge in [-0.25, -0.2) is 0 Å². The third-order valence-electron chi connectivity index (χ3n) is 4.85. The second-order valence-corrected chi connectivity index (χ2v) is 6.62. The van der Waals surface area contributed by atoms with Gasteiger partial charge in [0.25, 0.3) is 5.78 Å². The van der Waals surface area contributed by atoms with Gasteiger partial charge in [-0.2, -0.15) is 4.79 Å². The molecule has 0 spiro atoms. The van der Waals surface area contributed by atoms with E-state index < -0.39 is 0 Å². The third-order valence-corrected chi connectivity index (χ3v) is 4.85. The Hall–Kier alpha value is -1.73. The van der Waals surface area contributed by atoms with E-state index in [1.165, 1.54) is 11.1 Å². The summed E-state index contributed by atoms with van der Waals surface area (Å²) in [6.07, 6.45) is 13.0. The smallest absolute Gasteiger partial charge is 0.342 e. The molecule has 0 aromatic rings. The number of carbonyl (C=O) groups is 1. The minimum Gasteiger partial charge on any atom is -0.361 e. The van der Waals surface area contributed by atoms with Crippen LogP contribution in [0.15, 0.2) is 35.5 Å². The van der Waals surface area contributed by atoms with Crippen molar-refractivity contribution < 1.29 is 9.58 Å². The van der Waals surface area contributed by atoms with Gasteiger partial charge in [0.05, 0.1) is 5.92 Å². The first-order valence-electron chi connectivity index (χ1n) is 7.73. The highest BCUT2D eigenvalue weighted by atomic mass is 16.1. The first-order chi connectivity index (χ1) is 9.96. The van der Waals surface area contributed by atoms with E-state index >= 15 is 0 Å². The Morgan fingerprint density at radius 3 is 2.67 bits per heavy atom. The summed E-state index contributed by atoms with van der Waals surface area (Å²) < 4.78 is 0. The highest BCUT2D eigenvalue weighted by Crippen LogP contribution is 2.41. The van der Waals surface area contributed by atoms with Gasteiger partial charge in [0.1, 0.15) is 0 Å². The summed E-state index contributed by atoms with van der Waals surface area (Å²) in [6.45, 7) is 6.47. The first-order valence-corrected chi connectivity index (χ1v) is 7.73. The molecule has 0 radical (unpaired) electrons. The van der Waals surface area contributed by atoms with E-state index in [0.717, 1.165) is 32.1 Å². The topological polar surface area (TPSA) is 53.5 Å². The summed E-state index contributed by atoms with van der Waals surface area (Å²) in [5.74, 6) is -0.178. The van der Waals surface area contributed by atoms with Gasteiger partial charge in [-0.15, -0.1) is 0 Å². The van der Waals surface area contributed by atoms with Gasteiger partial charge >= 0.3 is 5.71 Å². The molecule has 0 saturated heterocycles. The molecule has 112 valence electrons. The van der Waals surface area contributed by atoms with Gasteiger partial charge in [-0.05, 0) is 52.0 Å². The molecule has 2 aliphatic carbocycles. The Morgan fingerprint density at radius 1 is 1.24 bits per heavy atom. The minimum absolute atomic E-state index is 0.0227. The molecule has 0 saturated carbocycles. The lowest BCUT2D eigenvalue weighted by Gasteiger charge is -2.34. The SMILES string of the molecule is C/C1=C\C[C@]2(C)C=CC(=O)C(=[N+]=[N-])[C@H]2CC/C(C)=C/CC1. The maximum atomic E-state index is 12.0. The molecule has 0 fully saturated rings. The molecule has 2 rings (SSSR count). The van der Waals surface area contributed by atoms with Crippen molar-refractivity contribution in [3.63, 3.8) is 0 Å². The van der Waals surface area contributed by atoms with Gasteiger partial charge in [-0.3, -0.25) is 4.79 Å². The normalized spacial score (nSPS) is 35.7. The average molecular weight is 284 g/mol. The average Bonchev–Trinajstić information content (AvgIpc) is 2.47. The largest absolute Gasteiger partial charge is 0.361 e. The molecule has 0 heterocycles. The predicted octanol–water partition coefficient (Wildman–Crippen LogP) is 4.28. The first kappa shape index (κ1) is 15.7. The molecular weight excluding hydrogens is 260 g/mol. The van der Waals surface area contributed by atoms with Crippen molar-refractivity contribution in [1.29, 1.82) is 0 Å². The molecule has 0 aromatic heterocycles. The third kappa shape index (κ3) is 3.48. The van der Waals surface area contributed by atoms with E-state index in [9.17, 15) is 10.3 Å². The van der Waals surface area contributed by atoms with Crippen LogP contribution in [-0.4, -0.2) is 16.3 Å². The van der Waals surface area contributed by atoms with Crippen LogP contribution in [0.1, 0.15) is 52.9 Å². The Kier molecular flexibility index (Phi) is 4.74. The fraction of sp³-hybridized carbons (Fsp3) is 0.556. The zero-order valence-corrected chi connectivity index (χ0v) is 13.2. The Balaban J connectivity index is 2.43. The predicted molar refractivity (Wildman–Crippen MR) is 85.0 cm³/mol. The Labute approximate surface area is 127 Å². The van der Waals surface area contributed by atoms with E-state index in [4.69, 9.17) is 0 Å². The van der Waals surface area contributed by atoms with Crippen LogP contribution in [0.4, 0.5) is 0 Å². The number of hydrogen-bond acceptors (Lipinski definition) is 1. The fourth-order valence-electron chi connectivity index (χ4n) is 3.26.